The summed E-state index contributed by atoms with van der Waals surface area (Å²) in [4.78, 5) is 18.6. The highest BCUT2D eigenvalue weighted by Crippen LogP contribution is 2.31. The third-order valence-electron chi connectivity index (χ3n) is 4.67. The maximum atomic E-state index is 12.9. The zero-order chi connectivity index (χ0) is 19.3. The van der Waals surface area contributed by atoms with Gasteiger partial charge in [0.25, 0.3) is 5.91 Å². The van der Waals surface area contributed by atoms with E-state index in [9.17, 15) is 4.79 Å². The molecule has 0 spiro atoms. The van der Waals surface area contributed by atoms with Gasteiger partial charge in [0.1, 0.15) is 19.3 Å². The average molecular weight is 378 g/mol. The molecule has 3 aromatic rings. The van der Waals surface area contributed by atoms with E-state index >= 15 is 0 Å². The van der Waals surface area contributed by atoms with Gasteiger partial charge >= 0.3 is 0 Å². The highest BCUT2D eigenvalue weighted by atomic mass is 16.6. The van der Waals surface area contributed by atoms with E-state index < -0.39 is 0 Å². The van der Waals surface area contributed by atoms with Crippen LogP contribution in [-0.4, -0.2) is 51.4 Å². The molecule has 0 N–H and O–H groups in total. The van der Waals surface area contributed by atoms with Gasteiger partial charge in [-0.25, -0.2) is 9.67 Å². The molecular formula is C21H22N4O3. The molecule has 7 nitrogen and oxygen atoms in total. The van der Waals surface area contributed by atoms with Crippen LogP contribution in [0.15, 0.2) is 61.2 Å². The van der Waals surface area contributed by atoms with E-state index in [4.69, 9.17) is 9.47 Å². The number of carbonyl (C=O) groups is 1. The maximum Gasteiger partial charge on any atom is 0.253 e. The molecule has 1 aliphatic rings. The number of rotatable bonds is 6. The fraction of sp³-hybridized carbons (Fsp3) is 0.286. The van der Waals surface area contributed by atoms with Gasteiger partial charge in [-0.1, -0.05) is 24.3 Å². The minimum Gasteiger partial charge on any atom is -0.486 e. The molecule has 0 aliphatic carbocycles. The Labute approximate surface area is 163 Å². The smallest absolute Gasteiger partial charge is 0.253 e. The largest absolute Gasteiger partial charge is 0.486 e. The molecule has 1 aliphatic heterocycles. The third-order valence-corrected chi connectivity index (χ3v) is 4.67. The molecule has 1 aromatic heterocycles. The van der Waals surface area contributed by atoms with Crippen LogP contribution in [-0.2, 0) is 6.54 Å². The van der Waals surface area contributed by atoms with E-state index in [0.717, 1.165) is 17.1 Å². The van der Waals surface area contributed by atoms with Gasteiger partial charge in [-0.15, -0.1) is 0 Å². The molecular weight excluding hydrogens is 356 g/mol. The van der Waals surface area contributed by atoms with Crippen LogP contribution in [0.1, 0.15) is 22.8 Å². The van der Waals surface area contributed by atoms with Crippen molar-refractivity contribution in [3.63, 3.8) is 0 Å². The summed E-state index contributed by atoms with van der Waals surface area (Å²) in [5.41, 5.74) is 1.71. The molecule has 2 aromatic carbocycles. The zero-order valence-corrected chi connectivity index (χ0v) is 15.7. The number of hydrogen-bond donors (Lipinski definition) is 0. The summed E-state index contributed by atoms with van der Waals surface area (Å²) in [6, 6.07) is 15.2. The highest BCUT2D eigenvalue weighted by Gasteiger charge is 2.25. The van der Waals surface area contributed by atoms with Crippen molar-refractivity contribution in [3.05, 3.63) is 72.3 Å². The summed E-state index contributed by atoms with van der Waals surface area (Å²) in [5.74, 6) is 1.45. The maximum absolute atomic E-state index is 12.9. The number of benzene rings is 2. The Morgan fingerprint density at radius 3 is 2.68 bits per heavy atom. The van der Waals surface area contributed by atoms with Crippen molar-refractivity contribution in [1.29, 1.82) is 0 Å². The minimum atomic E-state index is -0.189. The molecule has 0 radical (unpaired) electrons. The number of para-hydroxylation sites is 2. The molecule has 7 heteroatoms. The normalized spacial score (nSPS) is 15.2. The fourth-order valence-electron chi connectivity index (χ4n) is 3.19. The summed E-state index contributed by atoms with van der Waals surface area (Å²) < 4.78 is 13.5. The number of ether oxygens (including phenoxy) is 2. The predicted molar refractivity (Wildman–Crippen MR) is 103 cm³/mol. The van der Waals surface area contributed by atoms with E-state index in [1.54, 1.807) is 15.9 Å². The van der Waals surface area contributed by atoms with Crippen molar-refractivity contribution in [1.82, 2.24) is 19.7 Å². The van der Waals surface area contributed by atoms with Crippen LogP contribution in [0, 0.1) is 0 Å². The molecule has 2 heterocycles. The first-order valence-corrected chi connectivity index (χ1v) is 9.32. The van der Waals surface area contributed by atoms with E-state index in [1.807, 2.05) is 55.5 Å². The number of amides is 1. The fourth-order valence-corrected chi connectivity index (χ4v) is 3.19. The standard InChI is InChI=1S/C21H22N4O3/c1-2-24(12-18-13-27-19-5-3-4-6-20(19)28-18)21(26)17-9-7-16(8-10-17)11-25-15-22-14-23-25/h3-10,14-15,18H,2,11-13H2,1H3. The van der Waals surface area contributed by atoms with Gasteiger partial charge in [-0.05, 0) is 36.8 Å². The van der Waals surface area contributed by atoms with Crippen molar-refractivity contribution in [2.24, 2.45) is 0 Å². The van der Waals surface area contributed by atoms with Crippen LogP contribution in [0.25, 0.3) is 0 Å². The van der Waals surface area contributed by atoms with E-state index in [0.29, 0.717) is 31.8 Å². The summed E-state index contributed by atoms with van der Waals surface area (Å²) in [5, 5.41) is 4.10. The van der Waals surface area contributed by atoms with Crippen molar-refractivity contribution >= 4 is 5.91 Å². The summed E-state index contributed by atoms with van der Waals surface area (Å²) in [6.45, 7) is 4.09. The topological polar surface area (TPSA) is 69.5 Å². The van der Waals surface area contributed by atoms with Crippen LogP contribution in [0.5, 0.6) is 11.5 Å². The molecule has 144 valence electrons. The van der Waals surface area contributed by atoms with Crippen molar-refractivity contribution < 1.29 is 14.3 Å². The van der Waals surface area contributed by atoms with Gasteiger partial charge in [-0.3, -0.25) is 4.79 Å². The lowest BCUT2D eigenvalue weighted by Gasteiger charge is -2.31. The van der Waals surface area contributed by atoms with Crippen molar-refractivity contribution in [2.75, 3.05) is 19.7 Å². The monoisotopic (exact) mass is 378 g/mol. The van der Waals surface area contributed by atoms with Gasteiger partial charge in [0.05, 0.1) is 13.1 Å². The summed E-state index contributed by atoms with van der Waals surface area (Å²) in [7, 11) is 0. The quantitative estimate of drug-likeness (QED) is 0.660. The Morgan fingerprint density at radius 2 is 1.96 bits per heavy atom. The van der Waals surface area contributed by atoms with E-state index in [1.165, 1.54) is 6.33 Å². The first kappa shape index (κ1) is 18.0. The van der Waals surface area contributed by atoms with Crippen LogP contribution in [0.3, 0.4) is 0 Å². The summed E-state index contributed by atoms with van der Waals surface area (Å²) >= 11 is 0. The van der Waals surface area contributed by atoms with E-state index in [2.05, 4.69) is 10.1 Å². The Hall–Kier alpha value is -3.35. The van der Waals surface area contributed by atoms with Gasteiger partial charge in [0.15, 0.2) is 17.6 Å². The average Bonchev–Trinajstić information content (AvgIpc) is 3.25. The lowest BCUT2D eigenvalue weighted by molar-refractivity contribution is 0.0475. The minimum absolute atomic E-state index is 0.0164. The lowest BCUT2D eigenvalue weighted by Crippen LogP contribution is -2.43. The van der Waals surface area contributed by atoms with Gasteiger partial charge in [0.2, 0.25) is 0 Å². The number of carbonyl (C=O) groups excluding carboxylic acids is 1. The van der Waals surface area contributed by atoms with Crippen LogP contribution in [0.4, 0.5) is 0 Å². The number of nitrogens with zero attached hydrogens (tertiary/aromatic N) is 4. The Kier molecular flexibility index (Phi) is 5.23. The first-order chi connectivity index (χ1) is 13.7. The number of aromatic nitrogens is 3. The molecule has 0 saturated heterocycles. The van der Waals surface area contributed by atoms with Crippen LogP contribution in [0.2, 0.25) is 0 Å². The Balaban J connectivity index is 1.40. The number of likely N-dealkylation sites (N-methyl/N-ethyl adjacent to an activating group) is 1. The molecule has 0 bridgehead atoms. The summed E-state index contributed by atoms with van der Waals surface area (Å²) in [6.07, 6.45) is 2.99. The van der Waals surface area contributed by atoms with Gasteiger partial charge in [-0.2, -0.15) is 5.10 Å². The van der Waals surface area contributed by atoms with Crippen molar-refractivity contribution in [3.8, 4) is 11.5 Å². The SMILES string of the molecule is CCN(CC1COc2ccccc2O1)C(=O)c1ccc(Cn2cncn2)cc1. The second-order valence-corrected chi connectivity index (χ2v) is 6.63. The van der Waals surface area contributed by atoms with Gasteiger partial charge in [0, 0.05) is 12.1 Å². The molecule has 4 rings (SSSR count). The lowest BCUT2D eigenvalue weighted by atomic mass is 10.1. The van der Waals surface area contributed by atoms with E-state index in [-0.39, 0.29) is 12.0 Å². The number of fused-ring (bicyclic) bond motifs is 1. The highest BCUT2D eigenvalue weighted by molar-refractivity contribution is 5.94. The second kappa shape index (κ2) is 8.12. The Morgan fingerprint density at radius 1 is 1.18 bits per heavy atom. The molecule has 1 unspecified atom stereocenters. The molecule has 28 heavy (non-hydrogen) atoms. The third kappa shape index (κ3) is 3.98. The molecule has 1 amide bonds. The van der Waals surface area contributed by atoms with Crippen LogP contribution >= 0.6 is 0 Å². The second-order valence-electron chi connectivity index (χ2n) is 6.63. The van der Waals surface area contributed by atoms with Crippen LogP contribution < -0.4 is 9.47 Å². The zero-order valence-electron chi connectivity index (χ0n) is 15.7. The first-order valence-electron chi connectivity index (χ1n) is 9.32. The van der Waals surface area contributed by atoms with Gasteiger partial charge < -0.3 is 14.4 Å². The molecule has 1 atom stereocenters. The molecule has 0 saturated carbocycles. The Bertz CT molecular complexity index is 925. The number of hydrogen-bond acceptors (Lipinski definition) is 5. The molecule has 0 fully saturated rings. The predicted octanol–water partition coefficient (Wildman–Crippen LogP) is 2.63. The van der Waals surface area contributed by atoms with Crippen molar-refractivity contribution in [2.45, 2.75) is 19.6 Å².